The molecule has 6 heteroatoms. The van der Waals surface area contributed by atoms with Crippen molar-refractivity contribution in [1.82, 2.24) is 20.4 Å². The molecule has 2 aliphatic rings. The van der Waals surface area contributed by atoms with Crippen molar-refractivity contribution in [1.29, 1.82) is 0 Å². The van der Waals surface area contributed by atoms with Crippen LogP contribution in [0.15, 0.2) is 61.1 Å². The molecule has 130 valence electrons. The minimum absolute atomic E-state index is 0.0410. The van der Waals surface area contributed by atoms with Gasteiger partial charge in [0, 0.05) is 41.7 Å². The van der Waals surface area contributed by atoms with Gasteiger partial charge in [0.1, 0.15) is 0 Å². The largest absolute Gasteiger partial charge is 0.377 e. The lowest BCUT2D eigenvalue weighted by Gasteiger charge is -2.43. The number of benzene rings is 2. The van der Waals surface area contributed by atoms with Gasteiger partial charge in [-0.05, 0) is 17.7 Å². The lowest BCUT2D eigenvalue weighted by atomic mass is 9.76. The van der Waals surface area contributed by atoms with Crippen molar-refractivity contribution in [2.45, 2.75) is 18.0 Å². The Morgan fingerprint density at radius 2 is 1.88 bits per heavy atom. The quantitative estimate of drug-likeness (QED) is 0.668. The zero-order valence-corrected chi connectivity index (χ0v) is 14.3. The summed E-state index contributed by atoms with van der Waals surface area (Å²) in [5, 5.41) is 3.68. The number of hydrogen-bond acceptors (Lipinski definition) is 4. The molecule has 0 spiro atoms. The molecule has 3 aromatic rings. The topological polar surface area (TPSA) is 71.0 Å². The Bertz CT molecular complexity index is 981. The van der Waals surface area contributed by atoms with Crippen LogP contribution in [0.1, 0.15) is 45.2 Å². The predicted molar refractivity (Wildman–Crippen MR) is 98.5 cm³/mol. The zero-order chi connectivity index (χ0) is 17.7. The highest BCUT2D eigenvalue weighted by molar-refractivity contribution is 5.98. The fourth-order valence-electron chi connectivity index (χ4n) is 4.21. The number of amides is 1. The molecule has 0 bridgehead atoms. The van der Waals surface area contributed by atoms with Gasteiger partial charge in [0.25, 0.3) is 5.91 Å². The number of rotatable bonds is 2. The Kier molecular flexibility index (Phi) is 3.33. The molecule has 0 saturated carbocycles. The summed E-state index contributed by atoms with van der Waals surface area (Å²) in [7, 11) is 2.01. The van der Waals surface area contributed by atoms with Crippen molar-refractivity contribution >= 4 is 11.6 Å². The van der Waals surface area contributed by atoms with Crippen molar-refractivity contribution in [3.63, 3.8) is 0 Å². The molecule has 3 unspecified atom stereocenters. The third kappa shape index (κ3) is 2.16. The number of nitrogens with zero attached hydrogens (tertiary/aromatic N) is 2. The van der Waals surface area contributed by atoms with Crippen LogP contribution in [0.4, 0.5) is 5.69 Å². The number of carbonyl (C=O) groups is 1. The Labute approximate surface area is 151 Å². The van der Waals surface area contributed by atoms with E-state index in [1.165, 1.54) is 5.56 Å². The molecule has 3 N–H and O–H groups in total. The number of anilines is 1. The highest BCUT2D eigenvalue weighted by Crippen LogP contribution is 2.50. The molecule has 2 aromatic carbocycles. The summed E-state index contributed by atoms with van der Waals surface area (Å²) in [6.45, 7) is 0. The number of imidazole rings is 1. The Morgan fingerprint density at radius 3 is 2.65 bits per heavy atom. The monoisotopic (exact) mass is 345 g/mol. The third-order valence-electron chi connectivity index (χ3n) is 5.39. The summed E-state index contributed by atoms with van der Waals surface area (Å²) < 4.78 is 2.05. The maximum absolute atomic E-state index is 12.3. The second-order valence-corrected chi connectivity index (χ2v) is 6.83. The SMILES string of the molecule is Cn1cncc1C1C(c2ccccc2)Nc2cccc3c2C1NNC3=O. The summed E-state index contributed by atoms with van der Waals surface area (Å²) in [4.78, 5) is 16.6. The molecule has 1 aromatic heterocycles. The summed E-state index contributed by atoms with van der Waals surface area (Å²) in [6, 6.07) is 16.3. The van der Waals surface area contributed by atoms with E-state index < -0.39 is 0 Å². The van der Waals surface area contributed by atoms with Gasteiger partial charge in [-0.1, -0.05) is 36.4 Å². The molecule has 5 rings (SSSR count). The number of hydrazine groups is 1. The summed E-state index contributed by atoms with van der Waals surface area (Å²) in [6.07, 6.45) is 3.73. The molecule has 0 aliphatic carbocycles. The van der Waals surface area contributed by atoms with Crippen LogP contribution in [0, 0.1) is 0 Å². The first-order chi connectivity index (χ1) is 12.7. The van der Waals surface area contributed by atoms with E-state index in [0.717, 1.165) is 22.5 Å². The Morgan fingerprint density at radius 1 is 1.04 bits per heavy atom. The van der Waals surface area contributed by atoms with E-state index in [4.69, 9.17) is 0 Å². The lowest BCUT2D eigenvalue weighted by Crippen LogP contribution is -2.51. The first-order valence-corrected chi connectivity index (χ1v) is 8.70. The first kappa shape index (κ1) is 15.2. The van der Waals surface area contributed by atoms with Gasteiger partial charge in [0.05, 0.1) is 18.4 Å². The Balaban J connectivity index is 1.73. The molecule has 6 nitrogen and oxygen atoms in total. The minimum Gasteiger partial charge on any atom is -0.377 e. The van der Waals surface area contributed by atoms with Crippen LogP contribution in [0.5, 0.6) is 0 Å². The van der Waals surface area contributed by atoms with Crippen molar-refractivity contribution in [2.75, 3.05) is 5.32 Å². The van der Waals surface area contributed by atoms with Crippen molar-refractivity contribution < 1.29 is 4.79 Å². The first-order valence-electron chi connectivity index (χ1n) is 8.70. The molecule has 1 amide bonds. The zero-order valence-electron chi connectivity index (χ0n) is 14.3. The van der Waals surface area contributed by atoms with Gasteiger partial charge in [-0.15, -0.1) is 0 Å². The van der Waals surface area contributed by atoms with Gasteiger partial charge in [0.15, 0.2) is 0 Å². The van der Waals surface area contributed by atoms with E-state index in [0.29, 0.717) is 0 Å². The van der Waals surface area contributed by atoms with Crippen LogP contribution in [0.3, 0.4) is 0 Å². The van der Waals surface area contributed by atoms with Crippen LogP contribution in [-0.2, 0) is 7.05 Å². The van der Waals surface area contributed by atoms with Gasteiger partial charge < -0.3 is 9.88 Å². The molecule has 0 saturated heterocycles. The van der Waals surface area contributed by atoms with Crippen LogP contribution >= 0.6 is 0 Å². The third-order valence-corrected chi connectivity index (χ3v) is 5.39. The number of aromatic nitrogens is 2. The van der Waals surface area contributed by atoms with Crippen molar-refractivity contribution in [3.8, 4) is 0 Å². The maximum atomic E-state index is 12.3. The molecular formula is C20H19N5O. The van der Waals surface area contributed by atoms with E-state index in [1.807, 2.05) is 48.4 Å². The average molecular weight is 345 g/mol. The van der Waals surface area contributed by atoms with E-state index in [2.05, 4.69) is 45.4 Å². The van der Waals surface area contributed by atoms with Crippen molar-refractivity contribution in [3.05, 3.63) is 83.4 Å². The molecule has 26 heavy (non-hydrogen) atoms. The number of aryl methyl sites for hydroxylation is 1. The second-order valence-electron chi connectivity index (χ2n) is 6.83. The summed E-state index contributed by atoms with van der Waals surface area (Å²) >= 11 is 0. The molecule has 3 heterocycles. The smallest absolute Gasteiger partial charge is 0.265 e. The van der Waals surface area contributed by atoms with Crippen molar-refractivity contribution in [2.24, 2.45) is 7.05 Å². The van der Waals surface area contributed by atoms with Gasteiger partial charge in [0.2, 0.25) is 0 Å². The fraction of sp³-hybridized carbons (Fsp3) is 0.200. The highest BCUT2D eigenvalue weighted by atomic mass is 16.2. The highest BCUT2D eigenvalue weighted by Gasteiger charge is 2.43. The second kappa shape index (κ2) is 5.71. The van der Waals surface area contributed by atoms with Gasteiger partial charge in [-0.3, -0.25) is 10.2 Å². The molecule has 2 aliphatic heterocycles. The van der Waals surface area contributed by atoms with E-state index >= 15 is 0 Å². The summed E-state index contributed by atoms with van der Waals surface area (Å²) in [5.74, 6) is -0.0269. The maximum Gasteiger partial charge on any atom is 0.265 e. The lowest BCUT2D eigenvalue weighted by molar-refractivity contribution is 0.0898. The number of hydrogen-bond donors (Lipinski definition) is 3. The number of nitrogens with one attached hydrogen (secondary N) is 3. The van der Waals surface area contributed by atoms with Gasteiger partial charge in [-0.25, -0.2) is 10.4 Å². The molecular weight excluding hydrogens is 326 g/mol. The normalized spacial score (nSPS) is 23.7. The number of carbonyl (C=O) groups excluding carboxylic acids is 1. The van der Waals surface area contributed by atoms with Gasteiger partial charge in [-0.2, -0.15) is 0 Å². The van der Waals surface area contributed by atoms with E-state index in [9.17, 15) is 4.79 Å². The van der Waals surface area contributed by atoms with Crippen LogP contribution in [-0.4, -0.2) is 15.5 Å². The average Bonchev–Trinajstić information content (AvgIpc) is 3.10. The van der Waals surface area contributed by atoms with E-state index in [-0.39, 0.29) is 23.9 Å². The standard InChI is InChI=1S/C20H19N5O/c1-25-11-21-10-15(25)17-18(12-6-3-2-4-7-12)22-14-9-5-8-13-16(14)19(17)23-24-20(13)26/h2-11,17-19,22-23H,1H3,(H,24,26). The summed E-state index contributed by atoms with van der Waals surface area (Å²) in [5.41, 5.74) is 11.1. The van der Waals surface area contributed by atoms with Crippen LogP contribution < -0.4 is 16.2 Å². The Hall–Kier alpha value is -3.12. The van der Waals surface area contributed by atoms with Crippen LogP contribution in [0.2, 0.25) is 0 Å². The van der Waals surface area contributed by atoms with Crippen LogP contribution in [0.25, 0.3) is 0 Å². The van der Waals surface area contributed by atoms with E-state index in [1.54, 1.807) is 0 Å². The predicted octanol–water partition coefficient (Wildman–Crippen LogP) is 2.66. The fourth-order valence-corrected chi connectivity index (χ4v) is 4.21. The molecule has 3 atom stereocenters. The molecule has 0 radical (unpaired) electrons. The van der Waals surface area contributed by atoms with Gasteiger partial charge >= 0.3 is 0 Å². The molecule has 0 fully saturated rings. The minimum atomic E-state index is -0.0955.